The van der Waals surface area contributed by atoms with E-state index in [4.69, 9.17) is 11.6 Å². The maximum absolute atomic E-state index is 10.6. The highest BCUT2D eigenvalue weighted by Gasteiger charge is 1.97. The van der Waals surface area contributed by atoms with Gasteiger partial charge in [0, 0.05) is 13.0 Å². The highest BCUT2D eigenvalue weighted by Crippen LogP contribution is 2.25. The first-order valence-electron chi connectivity index (χ1n) is 4.17. The molecule has 0 aliphatic heterocycles. The molecule has 72 valence electrons. The Bertz CT molecular complexity index is 285. The molecule has 1 rings (SSSR count). The first-order valence-corrected chi connectivity index (χ1v) is 5.36. The second kappa shape index (κ2) is 5.25. The first kappa shape index (κ1) is 10.5. The normalized spacial score (nSPS) is 10.0. The molecule has 0 spiro atoms. The highest BCUT2D eigenvalue weighted by atomic mass is 35.5. The molecule has 4 heteroatoms. The van der Waals surface area contributed by atoms with Crippen LogP contribution in [0.2, 0.25) is 4.34 Å². The number of anilines is 1. The fourth-order valence-corrected chi connectivity index (χ4v) is 1.93. The van der Waals surface area contributed by atoms with Crippen LogP contribution in [-0.4, -0.2) is 12.3 Å². The van der Waals surface area contributed by atoms with E-state index in [0.717, 1.165) is 22.3 Å². The summed E-state index contributed by atoms with van der Waals surface area (Å²) in [5.41, 5.74) is 0. The molecule has 0 amide bonds. The standard InChI is InChI=1S/C9H12ClNOS/c1-7(12)3-2-6-11-9-5-4-8(10)13-9/h4-5,11H,2-3,6H2,1H3. The van der Waals surface area contributed by atoms with Gasteiger partial charge in [0.2, 0.25) is 0 Å². The predicted molar refractivity (Wildman–Crippen MR) is 57.7 cm³/mol. The van der Waals surface area contributed by atoms with E-state index < -0.39 is 0 Å². The lowest BCUT2D eigenvalue weighted by Crippen LogP contribution is -2.01. The van der Waals surface area contributed by atoms with Gasteiger partial charge in [0.25, 0.3) is 0 Å². The number of carbonyl (C=O) groups is 1. The molecule has 0 aliphatic rings. The lowest BCUT2D eigenvalue weighted by atomic mass is 10.2. The molecular weight excluding hydrogens is 206 g/mol. The lowest BCUT2D eigenvalue weighted by Gasteiger charge is -2.00. The van der Waals surface area contributed by atoms with Crippen LogP contribution in [0, 0.1) is 0 Å². The van der Waals surface area contributed by atoms with Crippen LogP contribution < -0.4 is 5.32 Å². The van der Waals surface area contributed by atoms with Crippen molar-refractivity contribution in [2.45, 2.75) is 19.8 Å². The predicted octanol–water partition coefficient (Wildman–Crippen LogP) is 3.18. The van der Waals surface area contributed by atoms with E-state index in [-0.39, 0.29) is 5.78 Å². The summed E-state index contributed by atoms with van der Waals surface area (Å²) >= 11 is 7.26. The van der Waals surface area contributed by atoms with E-state index in [1.807, 2.05) is 12.1 Å². The van der Waals surface area contributed by atoms with Gasteiger partial charge in [-0.2, -0.15) is 0 Å². The molecule has 0 saturated carbocycles. The fourth-order valence-electron chi connectivity index (χ4n) is 0.958. The molecule has 1 heterocycles. The molecule has 0 radical (unpaired) electrons. The van der Waals surface area contributed by atoms with Crippen LogP contribution in [0.5, 0.6) is 0 Å². The van der Waals surface area contributed by atoms with Gasteiger partial charge in [-0.3, -0.25) is 0 Å². The number of thiophene rings is 1. The minimum absolute atomic E-state index is 0.242. The minimum Gasteiger partial charge on any atom is -0.377 e. The summed E-state index contributed by atoms with van der Waals surface area (Å²) in [5, 5.41) is 4.27. The van der Waals surface area contributed by atoms with E-state index in [2.05, 4.69) is 5.32 Å². The molecule has 13 heavy (non-hydrogen) atoms. The van der Waals surface area contributed by atoms with Gasteiger partial charge in [-0.05, 0) is 25.5 Å². The quantitative estimate of drug-likeness (QED) is 0.768. The third-order valence-corrected chi connectivity index (χ3v) is 2.77. The van der Waals surface area contributed by atoms with Crippen molar-refractivity contribution >= 4 is 33.7 Å². The number of Topliss-reactive ketones (excluding diaryl/α,β-unsaturated/α-hetero) is 1. The number of ketones is 1. The Morgan fingerprint density at radius 1 is 1.62 bits per heavy atom. The Hall–Kier alpha value is -0.540. The number of hydrogen-bond donors (Lipinski definition) is 1. The van der Waals surface area contributed by atoms with Crippen molar-refractivity contribution in [2.24, 2.45) is 0 Å². The molecular formula is C9H12ClNOS. The van der Waals surface area contributed by atoms with Gasteiger partial charge in [-0.15, -0.1) is 11.3 Å². The van der Waals surface area contributed by atoms with E-state index in [1.165, 1.54) is 11.3 Å². The number of carbonyl (C=O) groups excluding carboxylic acids is 1. The molecule has 0 fully saturated rings. The first-order chi connectivity index (χ1) is 6.18. The third-order valence-electron chi connectivity index (χ3n) is 1.58. The zero-order valence-corrected chi connectivity index (χ0v) is 9.04. The average Bonchev–Trinajstić information content (AvgIpc) is 2.45. The molecule has 0 atom stereocenters. The van der Waals surface area contributed by atoms with E-state index in [1.54, 1.807) is 6.92 Å². The van der Waals surface area contributed by atoms with Crippen LogP contribution in [-0.2, 0) is 4.79 Å². The van der Waals surface area contributed by atoms with Crippen molar-refractivity contribution < 1.29 is 4.79 Å². The van der Waals surface area contributed by atoms with E-state index in [9.17, 15) is 4.79 Å². The minimum atomic E-state index is 0.242. The highest BCUT2D eigenvalue weighted by molar-refractivity contribution is 7.19. The second-order valence-corrected chi connectivity index (χ2v) is 4.55. The van der Waals surface area contributed by atoms with Crippen molar-refractivity contribution in [3.63, 3.8) is 0 Å². The Morgan fingerprint density at radius 3 is 2.92 bits per heavy atom. The van der Waals surface area contributed by atoms with Crippen molar-refractivity contribution in [1.82, 2.24) is 0 Å². The van der Waals surface area contributed by atoms with Gasteiger partial charge < -0.3 is 10.1 Å². The topological polar surface area (TPSA) is 29.1 Å². The van der Waals surface area contributed by atoms with Gasteiger partial charge in [-0.1, -0.05) is 11.6 Å². The molecule has 0 aromatic carbocycles. The summed E-state index contributed by atoms with van der Waals surface area (Å²) in [6, 6.07) is 3.81. The van der Waals surface area contributed by atoms with Crippen LogP contribution in [0.4, 0.5) is 5.00 Å². The summed E-state index contributed by atoms with van der Waals surface area (Å²) in [4.78, 5) is 10.6. The zero-order chi connectivity index (χ0) is 9.68. The van der Waals surface area contributed by atoms with Crippen molar-refractivity contribution in [3.8, 4) is 0 Å². The zero-order valence-electron chi connectivity index (χ0n) is 7.47. The van der Waals surface area contributed by atoms with E-state index >= 15 is 0 Å². The fraction of sp³-hybridized carbons (Fsp3) is 0.444. The number of rotatable bonds is 5. The molecule has 1 N–H and O–H groups in total. The largest absolute Gasteiger partial charge is 0.377 e. The van der Waals surface area contributed by atoms with Crippen LogP contribution in [0.1, 0.15) is 19.8 Å². The SMILES string of the molecule is CC(=O)CCCNc1ccc(Cl)s1. The molecule has 0 unspecified atom stereocenters. The smallest absolute Gasteiger partial charge is 0.129 e. The molecule has 0 aliphatic carbocycles. The Morgan fingerprint density at radius 2 is 2.38 bits per heavy atom. The Balaban J connectivity index is 2.16. The van der Waals surface area contributed by atoms with Gasteiger partial charge in [0.1, 0.15) is 5.78 Å². The molecule has 2 nitrogen and oxygen atoms in total. The van der Waals surface area contributed by atoms with E-state index in [0.29, 0.717) is 6.42 Å². The Labute approximate surface area is 86.9 Å². The number of hydrogen-bond acceptors (Lipinski definition) is 3. The van der Waals surface area contributed by atoms with Crippen LogP contribution in [0.25, 0.3) is 0 Å². The van der Waals surface area contributed by atoms with Crippen molar-refractivity contribution in [3.05, 3.63) is 16.5 Å². The molecule has 0 bridgehead atoms. The monoisotopic (exact) mass is 217 g/mol. The maximum Gasteiger partial charge on any atom is 0.129 e. The lowest BCUT2D eigenvalue weighted by molar-refractivity contribution is -0.117. The Kier molecular flexibility index (Phi) is 4.25. The van der Waals surface area contributed by atoms with Crippen LogP contribution in [0.3, 0.4) is 0 Å². The van der Waals surface area contributed by atoms with Gasteiger partial charge >= 0.3 is 0 Å². The molecule has 1 aromatic heterocycles. The summed E-state index contributed by atoms with van der Waals surface area (Å²) in [6.45, 7) is 2.44. The van der Waals surface area contributed by atoms with Crippen molar-refractivity contribution in [2.75, 3.05) is 11.9 Å². The maximum atomic E-state index is 10.6. The van der Waals surface area contributed by atoms with Crippen molar-refractivity contribution in [1.29, 1.82) is 0 Å². The molecule has 0 saturated heterocycles. The number of halogens is 1. The summed E-state index contributed by atoms with van der Waals surface area (Å²) in [6.07, 6.45) is 1.52. The van der Waals surface area contributed by atoms with Gasteiger partial charge in [0.15, 0.2) is 0 Å². The van der Waals surface area contributed by atoms with Gasteiger partial charge in [-0.25, -0.2) is 0 Å². The second-order valence-electron chi connectivity index (χ2n) is 2.84. The summed E-state index contributed by atoms with van der Waals surface area (Å²) < 4.78 is 0.786. The number of nitrogens with one attached hydrogen (secondary N) is 1. The summed E-state index contributed by atoms with van der Waals surface area (Å²) in [5.74, 6) is 0.242. The van der Waals surface area contributed by atoms with Crippen LogP contribution in [0.15, 0.2) is 12.1 Å². The molecule has 1 aromatic rings. The average molecular weight is 218 g/mol. The third kappa shape index (κ3) is 4.29. The van der Waals surface area contributed by atoms with Crippen LogP contribution >= 0.6 is 22.9 Å². The van der Waals surface area contributed by atoms with Gasteiger partial charge in [0.05, 0.1) is 9.34 Å². The summed E-state index contributed by atoms with van der Waals surface area (Å²) in [7, 11) is 0.